The first kappa shape index (κ1) is 14.9. The van der Waals surface area contributed by atoms with E-state index in [1.165, 1.54) is 0 Å². The first-order valence-corrected chi connectivity index (χ1v) is 7.39. The third-order valence-corrected chi connectivity index (χ3v) is 4.78. The van der Waals surface area contributed by atoms with Gasteiger partial charge in [0.15, 0.2) is 5.78 Å². The fourth-order valence-electron chi connectivity index (χ4n) is 2.51. The molecule has 1 aromatic rings. The van der Waals surface area contributed by atoms with Crippen LogP contribution >= 0.6 is 24.2 Å². The second kappa shape index (κ2) is 6.75. The number of carbonyl (C=O) groups excluding carboxylic acids is 1. The molecule has 5 heteroatoms. The maximum Gasteiger partial charge on any atom is 0.169 e. The second-order valence-electron chi connectivity index (χ2n) is 4.78. The van der Waals surface area contributed by atoms with Crippen molar-refractivity contribution in [2.24, 2.45) is 5.92 Å². The van der Waals surface area contributed by atoms with Gasteiger partial charge in [-0.25, -0.2) is 0 Å². The van der Waals surface area contributed by atoms with Crippen LogP contribution in [0, 0.1) is 5.92 Å². The number of halogens is 1. The zero-order valence-corrected chi connectivity index (χ0v) is 12.3. The minimum absolute atomic E-state index is 0. The molecule has 0 radical (unpaired) electrons. The predicted molar refractivity (Wildman–Crippen MR) is 79.5 cm³/mol. The summed E-state index contributed by atoms with van der Waals surface area (Å²) in [7, 11) is 0. The van der Waals surface area contributed by atoms with Gasteiger partial charge in [-0.2, -0.15) is 0 Å². The smallest absolute Gasteiger partial charge is 0.169 e. The molecule has 0 aliphatic carbocycles. The van der Waals surface area contributed by atoms with Gasteiger partial charge in [-0.15, -0.1) is 24.2 Å². The van der Waals surface area contributed by atoms with Crippen molar-refractivity contribution in [1.29, 1.82) is 0 Å². The zero-order valence-electron chi connectivity index (χ0n) is 10.7. The number of morpholine rings is 1. The Bertz CT molecular complexity index is 449. The van der Waals surface area contributed by atoms with Crippen molar-refractivity contribution in [2.45, 2.75) is 4.90 Å². The highest BCUT2D eigenvalue weighted by Crippen LogP contribution is 2.33. The Hall–Kier alpha value is -0.550. The van der Waals surface area contributed by atoms with Crippen molar-refractivity contribution in [3.63, 3.8) is 0 Å². The van der Waals surface area contributed by atoms with E-state index in [0.29, 0.717) is 5.78 Å². The summed E-state index contributed by atoms with van der Waals surface area (Å²) in [5.74, 6) is 1.37. The van der Waals surface area contributed by atoms with Gasteiger partial charge in [-0.05, 0) is 6.07 Å². The molecule has 1 unspecified atom stereocenters. The molecule has 104 valence electrons. The molecule has 1 atom stereocenters. The van der Waals surface area contributed by atoms with Crippen molar-refractivity contribution in [1.82, 2.24) is 4.90 Å². The molecule has 1 aromatic carbocycles. The molecule has 3 nitrogen and oxygen atoms in total. The Labute approximate surface area is 124 Å². The number of carbonyl (C=O) groups is 1. The number of fused-ring (bicyclic) bond motifs is 1. The summed E-state index contributed by atoms with van der Waals surface area (Å²) in [6, 6.07) is 7.95. The van der Waals surface area contributed by atoms with Crippen LogP contribution in [0.1, 0.15) is 10.4 Å². The van der Waals surface area contributed by atoms with E-state index >= 15 is 0 Å². The van der Waals surface area contributed by atoms with Crippen LogP contribution in [-0.4, -0.2) is 49.3 Å². The summed E-state index contributed by atoms with van der Waals surface area (Å²) < 4.78 is 5.34. The molecule has 1 fully saturated rings. The van der Waals surface area contributed by atoms with Gasteiger partial charge in [-0.3, -0.25) is 9.69 Å². The molecule has 1 saturated heterocycles. The highest BCUT2D eigenvalue weighted by atomic mass is 35.5. The van der Waals surface area contributed by atoms with Crippen LogP contribution < -0.4 is 0 Å². The number of nitrogens with zero attached hydrogens (tertiary/aromatic N) is 1. The molecule has 0 aromatic heterocycles. The van der Waals surface area contributed by atoms with Crippen molar-refractivity contribution < 1.29 is 9.53 Å². The summed E-state index contributed by atoms with van der Waals surface area (Å²) >= 11 is 1.81. The zero-order chi connectivity index (χ0) is 12.4. The van der Waals surface area contributed by atoms with Gasteiger partial charge >= 0.3 is 0 Å². The number of Topliss-reactive ketones (excluding diaryl/α,β-unsaturated/α-hetero) is 1. The standard InChI is InChI=1S/C14H17NO2S.ClH/c16-14-11(9-15-5-7-17-8-6-15)10-18-13-4-2-1-3-12(13)14;/h1-4,11H,5-10H2;1H. The maximum absolute atomic E-state index is 12.4. The lowest BCUT2D eigenvalue weighted by Gasteiger charge is -2.31. The topological polar surface area (TPSA) is 29.5 Å². The predicted octanol–water partition coefficient (Wildman–Crippen LogP) is 2.35. The monoisotopic (exact) mass is 299 g/mol. The van der Waals surface area contributed by atoms with Crippen LogP contribution in [0.25, 0.3) is 0 Å². The van der Waals surface area contributed by atoms with Crippen LogP contribution in [0.4, 0.5) is 0 Å². The van der Waals surface area contributed by atoms with E-state index in [-0.39, 0.29) is 18.3 Å². The molecule has 2 aliphatic rings. The van der Waals surface area contributed by atoms with Crippen LogP contribution in [-0.2, 0) is 4.74 Å². The first-order chi connectivity index (χ1) is 8.84. The second-order valence-corrected chi connectivity index (χ2v) is 5.84. The van der Waals surface area contributed by atoms with Crippen molar-refractivity contribution >= 4 is 30.0 Å². The van der Waals surface area contributed by atoms with Gasteiger partial charge < -0.3 is 4.74 Å². The average molecular weight is 300 g/mol. The SMILES string of the molecule is Cl.O=C1c2ccccc2SCC1CN1CCOCC1. The molecular formula is C14H18ClNO2S. The van der Waals surface area contributed by atoms with Gasteiger partial charge in [0.2, 0.25) is 0 Å². The van der Waals surface area contributed by atoms with Crippen LogP contribution in [0.5, 0.6) is 0 Å². The Morgan fingerprint density at radius 3 is 2.79 bits per heavy atom. The van der Waals surface area contributed by atoms with Crippen LogP contribution in [0.2, 0.25) is 0 Å². The van der Waals surface area contributed by atoms with Gasteiger partial charge in [-0.1, -0.05) is 18.2 Å². The number of ketones is 1. The van der Waals surface area contributed by atoms with E-state index in [2.05, 4.69) is 4.90 Å². The summed E-state index contributed by atoms with van der Waals surface area (Å²) in [4.78, 5) is 15.9. The number of benzene rings is 1. The first-order valence-electron chi connectivity index (χ1n) is 6.41. The van der Waals surface area contributed by atoms with Crippen LogP contribution in [0.15, 0.2) is 29.2 Å². The highest BCUT2D eigenvalue weighted by Gasteiger charge is 2.29. The largest absolute Gasteiger partial charge is 0.379 e. The summed E-state index contributed by atoms with van der Waals surface area (Å²) in [5.41, 5.74) is 0.909. The minimum Gasteiger partial charge on any atom is -0.379 e. The maximum atomic E-state index is 12.4. The molecule has 0 spiro atoms. The normalized spacial score (nSPS) is 23.6. The van der Waals surface area contributed by atoms with E-state index in [1.807, 2.05) is 36.0 Å². The molecule has 0 N–H and O–H groups in total. The molecule has 3 rings (SSSR count). The lowest BCUT2D eigenvalue weighted by atomic mass is 9.98. The Morgan fingerprint density at radius 2 is 2.00 bits per heavy atom. The Kier molecular flexibility index (Phi) is 5.28. The van der Waals surface area contributed by atoms with Crippen molar-refractivity contribution in [2.75, 3.05) is 38.6 Å². The van der Waals surface area contributed by atoms with E-state index in [0.717, 1.165) is 49.1 Å². The summed E-state index contributed by atoms with van der Waals surface area (Å²) in [6.45, 7) is 4.38. The minimum atomic E-state index is 0. The lowest BCUT2D eigenvalue weighted by Crippen LogP contribution is -2.42. The highest BCUT2D eigenvalue weighted by molar-refractivity contribution is 7.99. The van der Waals surface area contributed by atoms with Crippen LogP contribution in [0.3, 0.4) is 0 Å². The number of hydrogen-bond donors (Lipinski definition) is 0. The van der Waals surface area contributed by atoms with E-state index in [1.54, 1.807) is 0 Å². The van der Waals surface area contributed by atoms with Gasteiger partial charge in [0.1, 0.15) is 0 Å². The van der Waals surface area contributed by atoms with Crippen molar-refractivity contribution in [3.8, 4) is 0 Å². The van der Waals surface area contributed by atoms with Crippen molar-refractivity contribution in [3.05, 3.63) is 29.8 Å². The number of rotatable bonds is 2. The molecule has 2 heterocycles. The summed E-state index contributed by atoms with van der Waals surface area (Å²) in [5, 5.41) is 0. The fourth-order valence-corrected chi connectivity index (χ4v) is 3.65. The number of hydrogen-bond acceptors (Lipinski definition) is 4. The quantitative estimate of drug-likeness (QED) is 0.838. The van der Waals surface area contributed by atoms with E-state index in [9.17, 15) is 4.79 Å². The molecule has 19 heavy (non-hydrogen) atoms. The number of thioether (sulfide) groups is 1. The molecule has 0 amide bonds. The third kappa shape index (κ3) is 3.31. The number of ether oxygens (including phenoxy) is 1. The summed E-state index contributed by atoms with van der Waals surface area (Å²) in [6.07, 6.45) is 0. The Morgan fingerprint density at radius 1 is 1.26 bits per heavy atom. The molecular weight excluding hydrogens is 282 g/mol. The Balaban J connectivity index is 0.00000133. The fraction of sp³-hybridized carbons (Fsp3) is 0.500. The molecule has 0 bridgehead atoms. The molecule has 0 saturated carbocycles. The average Bonchev–Trinajstić information content (AvgIpc) is 2.43. The van der Waals surface area contributed by atoms with E-state index < -0.39 is 0 Å². The lowest BCUT2D eigenvalue weighted by molar-refractivity contribution is 0.0314. The molecule has 2 aliphatic heterocycles. The van der Waals surface area contributed by atoms with Gasteiger partial charge in [0.05, 0.1) is 13.2 Å². The third-order valence-electron chi connectivity index (χ3n) is 3.55. The van der Waals surface area contributed by atoms with Gasteiger partial charge in [0, 0.05) is 41.8 Å². The van der Waals surface area contributed by atoms with Gasteiger partial charge in [0.25, 0.3) is 0 Å². The van der Waals surface area contributed by atoms with E-state index in [4.69, 9.17) is 4.74 Å².